The Labute approximate surface area is 185 Å². The van der Waals surface area contributed by atoms with Crippen LogP contribution in [0, 0.1) is 18.3 Å². The lowest BCUT2D eigenvalue weighted by atomic mass is 9.85. The second-order valence-corrected chi connectivity index (χ2v) is 7.89. The van der Waals surface area contributed by atoms with Gasteiger partial charge in [0.05, 0.1) is 40.9 Å². The zero-order chi connectivity index (χ0) is 22.7. The summed E-state index contributed by atoms with van der Waals surface area (Å²) in [4.78, 5) is 21.3. The summed E-state index contributed by atoms with van der Waals surface area (Å²) < 4.78 is 1.62. The Morgan fingerprint density at radius 1 is 1.16 bits per heavy atom. The van der Waals surface area contributed by atoms with Gasteiger partial charge in [0.2, 0.25) is 0 Å². The molecule has 3 heterocycles. The number of pyridine rings is 2. The number of rotatable bonds is 5. The van der Waals surface area contributed by atoms with Crippen LogP contribution in [-0.4, -0.2) is 30.9 Å². The first-order valence-electron chi connectivity index (χ1n) is 10.0. The molecule has 0 unspecified atom stereocenters. The SMILES string of the molecule is Cc1ncc(NC(=O)c2cccc(C(C)(C)C#N)c2)cc1-n1cc(-c2cccnc2)nn1. The molecule has 0 fully saturated rings. The van der Waals surface area contributed by atoms with Crippen molar-refractivity contribution in [1.82, 2.24) is 25.0 Å². The first-order chi connectivity index (χ1) is 15.4. The summed E-state index contributed by atoms with van der Waals surface area (Å²) in [7, 11) is 0. The number of benzene rings is 1. The molecule has 1 amide bonds. The molecular weight excluding hydrogens is 402 g/mol. The average Bonchev–Trinajstić information content (AvgIpc) is 3.31. The van der Waals surface area contributed by atoms with E-state index in [1.807, 2.05) is 39.0 Å². The summed E-state index contributed by atoms with van der Waals surface area (Å²) in [5.41, 5.74) is 4.06. The Kier molecular flexibility index (Phi) is 5.48. The number of nitrogens with one attached hydrogen (secondary N) is 1. The van der Waals surface area contributed by atoms with Crippen LogP contribution in [0.15, 0.2) is 67.3 Å². The fraction of sp³-hybridized carbons (Fsp3) is 0.167. The molecule has 0 saturated heterocycles. The van der Waals surface area contributed by atoms with Gasteiger partial charge < -0.3 is 5.32 Å². The lowest BCUT2D eigenvalue weighted by molar-refractivity contribution is 0.102. The highest BCUT2D eigenvalue weighted by atomic mass is 16.1. The van der Waals surface area contributed by atoms with E-state index >= 15 is 0 Å². The Balaban J connectivity index is 1.59. The second-order valence-electron chi connectivity index (χ2n) is 7.89. The van der Waals surface area contributed by atoms with Crippen LogP contribution in [0.2, 0.25) is 0 Å². The van der Waals surface area contributed by atoms with E-state index in [2.05, 4.69) is 31.7 Å². The number of carbonyl (C=O) groups is 1. The van der Waals surface area contributed by atoms with Gasteiger partial charge in [-0.3, -0.25) is 14.8 Å². The van der Waals surface area contributed by atoms with E-state index in [4.69, 9.17) is 0 Å². The number of nitriles is 1. The molecule has 158 valence electrons. The highest BCUT2D eigenvalue weighted by molar-refractivity contribution is 6.04. The van der Waals surface area contributed by atoms with Crippen LogP contribution < -0.4 is 5.32 Å². The molecule has 4 rings (SSSR count). The van der Waals surface area contributed by atoms with Gasteiger partial charge in [0.15, 0.2) is 0 Å². The third-order valence-electron chi connectivity index (χ3n) is 5.14. The molecule has 0 bridgehead atoms. The maximum atomic E-state index is 12.8. The van der Waals surface area contributed by atoms with Crippen molar-refractivity contribution in [1.29, 1.82) is 5.26 Å². The number of amides is 1. The number of aryl methyl sites for hydroxylation is 1. The van der Waals surface area contributed by atoms with Gasteiger partial charge in [-0.2, -0.15) is 5.26 Å². The molecule has 4 aromatic rings. The normalized spacial score (nSPS) is 11.1. The van der Waals surface area contributed by atoms with Crippen LogP contribution >= 0.6 is 0 Å². The van der Waals surface area contributed by atoms with Crippen molar-refractivity contribution in [2.75, 3.05) is 5.32 Å². The fourth-order valence-electron chi connectivity index (χ4n) is 3.17. The molecule has 8 nitrogen and oxygen atoms in total. The van der Waals surface area contributed by atoms with Crippen LogP contribution in [0.1, 0.15) is 35.5 Å². The van der Waals surface area contributed by atoms with Gasteiger partial charge in [-0.05, 0) is 56.7 Å². The van der Waals surface area contributed by atoms with Gasteiger partial charge in [-0.25, -0.2) is 4.68 Å². The van der Waals surface area contributed by atoms with E-state index in [-0.39, 0.29) is 5.91 Å². The highest BCUT2D eigenvalue weighted by Gasteiger charge is 2.21. The smallest absolute Gasteiger partial charge is 0.255 e. The molecule has 0 aliphatic heterocycles. The van der Waals surface area contributed by atoms with Crippen LogP contribution in [-0.2, 0) is 5.41 Å². The van der Waals surface area contributed by atoms with Crippen molar-refractivity contribution in [2.24, 2.45) is 0 Å². The Hall–Kier alpha value is -4.38. The molecule has 1 aromatic carbocycles. The van der Waals surface area contributed by atoms with Crippen LogP contribution in [0.4, 0.5) is 5.69 Å². The Morgan fingerprint density at radius 3 is 2.75 bits per heavy atom. The minimum atomic E-state index is -0.687. The number of aromatic nitrogens is 5. The van der Waals surface area contributed by atoms with E-state index in [0.717, 1.165) is 16.8 Å². The summed E-state index contributed by atoms with van der Waals surface area (Å²) >= 11 is 0. The summed E-state index contributed by atoms with van der Waals surface area (Å²) in [6.45, 7) is 5.50. The zero-order valence-electron chi connectivity index (χ0n) is 17.9. The molecule has 3 aromatic heterocycles. The number of hydrogen-bond acceptors (Lipinski definition) is 6. The lowest BCUT2D eigenvalue weighted by Crippen LogP contribution is -2.17. The van der Waals surface area contributed by atoms with E-state index in [1.165, 1.54) is 0 Å². The second kappa shape index (κ2) is 8.40. The van der Waals surface area contributed by atoms with Crippen molar-refractivity contribution in [3.63, 3.8) is 0 Å². The van der Waals surface area contributed by atoms with Crippen LogP contribution in [0.5, 0.6) is 0 Å². The number of nitrogens with zero attached hydrogens (tertiary/aromatic N) is 6. The predicted octanol–water partition coefficient (Wildman–Crippen LogP) is 4.09. The summed E-state index contributed by atoms with van der Waals surface area (Å²) in [6.07, 6.45) is 6.81. The van der Waals surface area contributed by atoms with Gasteiger partial charge in [0, 0.05) is 23.5 Å². The van der Waals surface area contributed by atoms with Gasteiger partial charge in [0.1, 0.15) is 5.69 Å². The molecule has 8 heteroatoms. The van der Waals surface area contributed by atoms with Crippen molar-refractivity contribution in [3.8, 4) is 23.0 Å². The van der Waals surface area contributed by atoms with E-state index in [9.17, 15) is 10.1 Å². The predicted molar refractivity (Wildman–Crippen MR) is 120 cm³/mol. The molecule has 0 spiro atoms. The molecule has 0 radical (unpaired) electrons. The van der Waals surface area contributed by atoms with Crippen LogP contribution in [0.25, 0.3) is 16.9 Å². The van der Waals surface area contributed by atoms with E-state index < -0.39 is 5.41 Å². The molecule has 0 aliphatic rings. The standard InChI is InChI=1S/C24H21N7O/c1-16-22(31-14-21(29-30-31)18-7-5-9-26-12-18)11-20(13-27-16)28-23(32)17-6-4-8-19(10-17)24(2,3)15-25/h4-14H,1-3H3,(H,28,32). The number of hydrogen-bond donors (Lipinski definition) is 1. The number of anilines is 1. The maximum absolute atomic E-state index is 12.8. The third kappa shape index (κ3) is 4.23. The van der Waals surface area contributed by atoms with E-state index in [1.54, 1.807) is 53.7 Å². The van der Waals surface area contributed by atoms with Crippen molar-refractivity contribution in [2.45, 2.75) is 26.2 Å². The summed E-state index contributed by atoms with van der Waals surface area (Å²) in [5.74, 6) is -0.285. The molecule has 32 heavy (non-hydrogen) atoms. The van der Waals surface area contributed by atoms with Gasteiger partial charge in [-0.1, -0.05) is 17.3 Å². The van der Waals surface area contributed by atoms with Gasteiger partial charge in [0.25, 0.3) is 5.91 Å². The lowest BCUT2D eigenvalue weighted by Gasteiger charge is -2.16. The van der Waals surface area contributed by atoms with Gasteiger partial charge >= 0.3 is 0 Å². The molecule has 0 aliphatic carbocycles. The Morgan fingerprint density at radius 2 is 2.00 bits per heavy atom. The average molecular weight is 423 g/mol. The highest BCUT2D eigenvalue weighted by Crippen LogP contribution is 2.24. The summed E-state index contributed by atoms with van der Waals surface area (Å²) in [5, 5.41) is 20.7. The minimum Gasteiger partial charge on any atom is -0.321 e. The van der Waals surface area contributed by atoms with E-state index in [0.29, 0.717) is 22.6 Å². The zero-order valence-corrected chi connectivity index (χ0v) is 17.9. The quantitative estimate of drug-likeness (QED) is 0.518. The molecule has 1 N–H and O–H groups in total. The van der Waals surface area contributed by atoms with Gasteiger partial charge in [-0.15, -0.1) is 5.10 Å². The third-order valence-corrected chi connectivity index (χ3v) is 5.14. The van der Waals surface area contributed by atoms with Crippen LogP contribution in [0.3, 0.4) is 0 Å². The molecular formula is C24H21N7O. The first kappa shape index (κ1) is 20.9. The largest absolute Gasteiger partial charge is 0.321 e. The van der Waals surface area contributed by atoms with Crippen molar-refractivity contribution in [3.05, 3.63) is 84.1 Å². The molecule has 0 saturated carbocycles. The first-order valence-corrected chi connectivity index (χ1v) is 10.0. The van der Waals surface area contributed by atoms with Crippen molar-refractivity contribution >= 4 is 11.6 Å². The topological polar surface area (TPSA) is 109 Å². The fourth-order valence-corrected chi connectivity index (χ4v) is 3.17. The molecule has 0 atom stereocenters. The number of carbonyl (C=O) groups excluding carboxylic acids is 1. The Bertz CT molecular complexity index is 1320. The monoisotopic (exact) mass is 423 g/mol. The minimum absolute atomic E-state index is 0.285. The maximum Gasteiger partial charge on any atom is 0.255 e. The van der Waals surface area contributed by atoms with Crippen molar-refractivity contribution < 1.29 is 4.79 Å². The summed E-state index contributed by atoms with van der Waals surface area (Å²) in [6, 6.07) is 14.9.